The molecular formula is C17H16N4OS. The maximum Gasteiger partial charge on any atom is 0.216 e. The lowest BCUT2D eigenvalue weighted by Crippen LogP contribution is -2.05. The molecule has 5 nitrogen and oxygen atoms in total. The third-order valence-corrected chi connectivity index (χ3v) is 4.25. The van der Waals surface area contributed by atoms with Crippen LogP contribution in [0.4, 0.5) is 0 Å². The fourth-order valence-electron chi connectivity index (χ4n) is 2.82. The van der Waals surface area contributed by atoms with E-state index in [2.05, 4.69) is 39.6 Å². The minimum Gasteiger partial charge on any atom is -0.370 e. The van der Waals surface area contributed by atoms with Gasteiger partial charge in [0.15, 0.2) is 5.82 Å². The first-order valence-corrected chi connectivity index (χ1v) is 8.04. The van der Waals surface area contributed by atoms with Gasteiger partial charge in [-0.05, 0) is 47.5 Å². The van der Waals surface area contributed by atoms with Crippen molar-refractivity contribution in [1.29, 1.82) is 0 Å². The molecule has 2 heterocycles. The number of rotatable bonds is 3. The van der Waals surface area contributed by atoms with Crippen LogP contribution in [0.3, 0.4) is 0 Å². The first-order valence-electron chi connectivity index (χ1n) is 7.63. The molecule has 0 unspecified atom stereocenters. The second-order valence-corrected chi connectivity index (χ2v) is 5.94. The lowest BCUT2D eigenvalue weighted by atomic mass is 10.1. The van der Waals surface area contributed by atoms with Gasteiger partial charge in [0.1, 0.15) is 6.10 Å². The fourth-order valence-corrected chi connectivity index (χ4v) is 3.00. The molecule has 1 saturated heterocycles. The lowest BCUT2D eigenvalue weighted by molar-refractivity contribution is 0.102. The van der Waals surface area contributed by atoms with Gasteiger partial charge in [0.05, 0.1) is 6.21 Å². The quantitative estimate of drug-likeness (QED) is 0.588. The molecule has 0 saturated carbocycles. The van der Waals surface area contributed by atoms with E-state index in [1.54, 1.807) is 10.9 Å². The molecule has 0 spiro atoms. The van der Waals surface area contributed by atoms with E-state index >= 15 is 0 Å². The van der Waals surface area contributed by atoms with Gasteiger partial charge in [0.25, 0.3) is 0 Å². The number of aromatic amines is 1. The largest absolute Gasteiger partial charge is 0.370 e. The highest BCUT2D eigenvalue weighted by Crippen LogP contribution is 2.27. The van der Waals surface area contributed by atoms with Crippen LogP contribution in [0.2, 0.25) is 0 Å². The molecule has 0 aliphatic carbocycles. The van der Waals surface area contributed by atoms with E-state index < -0.39 is 0 Å². The van der Waals surface area contributed by atoms with Gasteiger partial charge in [-0.25, -0.2) is 0 Å². The summed E-state index contributed by atoms with van der Waals surface area (Å²) in [6, 6.07) is 14.5. The summed E-state index contributed by atoms with van der Waals surface area (Å²) in [5.41, 5.74) is 1.02. The number of benzene rings is 2. The van der Waals surface area contributed by atoms with Gasteiger partial charge >= 0.3 is 0 Å². The van der Waals surface area contributed by atoms with Gasteiger partial charge in [-0.1, -0.05) is 36.4 Å². The van der Waals surface area contributed by atoms with E-state index in [-0.39, 0.29) is 6.10 Å². The van der Waals surface area contributed by atoms with Crippen LogP contribution in [0, 0.1) is 4.77 Å². The first-order chi connectivity index (χ1) is 11.3. The standard InChI is InChI=1S/C17H16N4OS/c23-17-20-19-16(15-6-3-9-22-15)21(17)18-11-12-7-8-13-4-1-2-5-14(13)10-12/h1-2,4-5,7-8,10-11,15H,3,6,9H2,(H,20,23)/b18-11-/t15-/m1/s1. The molecule has 4 rings (SSSR count). The highest BCUT2D eigenvalue weighted by atomic mass is 32.1. The predicted octanol–water partition coefficient (Wildman–Crippen LogP) is 3.83. The summed E-state index contributed by atoms with van der Waals surface area (Å²) < 4.78 is 7.81. The molecule has 0 amide bonds. The molecular weight excluding hydrogens is 308 g/mol. The van der Waals surface area contributed by atoms with Crippen molar-refractivity contribution >= 4 is 29.2 Å². The van der Waals surface area contributed by atoms with Crippen molar-refractivity contribution < 1.29 is 4.74 Å². The van der Waals surface area contributed by atoms with Crippen LogP contribution in [0.25, 0.3) is 10.8 Å². The van der Waals surface area contributed by atoms with Crippen molar-refractivity contribution in [2.45, 2.75) is 18.9 Å². The monoisotopic (exact) mass is 324 g/mol. The summed E-state index contributed by atoms with van der Waals surface area (Å²) >= 11 is 5.28. The number of hydrogen-bond donors (Lipinski definition) is 1. The minimum absolute atomic E-state index is 0.0308. The maximum absolute atomic E-state index is 5.68. The molecule has 1 aromatic heterocycles. The second-order valence-electron chi connectivity index (χ2n) is 5.55. The van der Waals surface area contributed by atoms with Crippen molar-refractivity contribution in [1.82, 2.24) is 14.9 Å². The van der Waals surface area contributed by atoms with Crippen molar-refractivity contribution in [3.63, 3.8) is 0 Å². The highest BCUT2D eigenvalue weighted by molar-refractivity contribution is 7.71. The number of nitrogens with zero attached hydrogens (tertiary/aromatic N) is 3. The number of fused-ring (bicyclic) bond motifs is 1. The number of nitrogens with one attached hydrogen (secondary N) is 1. The van der Waals surface area contributed by atoms with Crippen LogP contribution in [0.1, 0.15) is 30.3 Å². The van der Waals surface area contributed by atoms with Crippen molar-refractivity contribution in [2.24, 2.45) is 5.10 Å². The maximum atomic E-state index is 5.68. The Morgan fingerprint density at radius 1 is 1.26 bits per heavy atom. The van der Waals surface area contributed by atoms with Gasteiger partial charge in [-0.2, -0.15) is 14.9 Å². The Kier molecular flexibility index (Phi) is 3.77. The summed E-state index contributed by atoms with van der Waals surface area (Å²) in [6.45, 7) is 0.763. The SMILES string of the molecule is S=c1[nH]nc([C@H]2CCCO2)n1/N=C\c1ccc2ccccc2c1. The van der Waals surface area contributed by atoms with E-state index in [4.69, 9.17) is 17.0 Å². The van der Waals surface area contributed by atoms with Gasteiger partial charge in [0.2, 0.25) is 4.77 Å². The van der Waals surface area contributed by atoms with E-state index in [1.807, 2.05) is 18.2 Å². The first kappa shape index (κ1) is 14.3. The molecule has 0 bridgehead atoms. The molecule has 3 aromatic rings. The zero-order chi connectivity index (χ0) is 15.6. The molecule has 1 N–H and O–H groups in total. The smallest absolute Gasteiger partial charge is 0.216 e. The molecule has 6 heteroatoms. The zero-order valence-electron chi connectivity index (χ0n) is 12.5. The van der Waals surface area contributed by atoms with Crippen LogP contribution in [-0.2, 0) is 4.74 Å². The summed E-state index contributed by atoms with van der Waals surface area (Å²) in [5.74, 6) is 0.740. The van der Waals surface area contributed by atoms with Crippen molar-refractivity contribution in [2.75, 3.05) is 6.61 Å². The topological polar surface area (TPSA) is 55.2 Å². The fraction of sp³-hybridized carbons (Fsp3) is 0.235. The number of ether oxygens (including phenoxy) is 1. The number of H-pyrrole nitrogens is 1. The molecule has 1 atom stereocenters. The van der Waals surface area contributed by atoms with Crippen molar-refractivity contribution in [3.8, 4) is 0 Å². The Morgan fingerprint density at radius 2 is 2.13 bits per heavy atom. The van der Waals surface area contributed by atoms with E-state index in [0.717, 1.165) is 30.8 Å². The van der Waals surface area contributed by atoms with E-state index in [1.165, 1.54) is 10.8 Å². The van der Waals surface area contributed by atoms with Gasteiger partial charge < -0.3 is 4.74 Å². The summed E-state index contributed by atoms with van der Waals surface area (Å²) in [4.78, 5) is 0. The predicted molar refractivity (Wildman–Crippen MR) is 92.3 cm³/mol. The van der Waals surface area contributed by atoms with Crippen LogP contribution in [0.5, 0.6) is 0 Å². The summed E-state index contributed by atoms with van der Waals surface area (Å²) in [7, 11) is 0. The Hall–Kier alpha value is -2.31. The van der Waals surface area contributed by atoms with Gasteiger partial charge in [0, 0.05) is 6.61 Å². The third kappa shape index (κ3) is 2.83. The Morgan fingerprint density at radius 3 is 2.96 bits per heavy atom. The van der Waals surface area contributed by atoms with E-state index in [9.17, 15) is 0 Å². The zero-order valence-corrected chi connectivity index (χ0v) is 13.3. The minimum atomic E-state index is -0.0308. The van der Waals surface area contributed by atoms with Crippen LogP contribution < -0.4 is 0 Å². The molecule has 23 heavy (non-hydrogen) atoms. The average molecular weight is 324 g/mol. The Balaban J connectivity index is 1.67. The third-order valence-electron chi connectivity index (χ3n) is 3.99. The summed E-state index contributed by atoms with van der Waals surface area (Å²) in [6.07, 6.45) is 3.76. The Bertz CT molecular complexity index is 921. The highest BCUT2D eigenvalue weighted by Gasteiger charge is 2.23. The number of aromatic nitrogens is 3. The Labute approximate surface area is 138 Å². The van der Waals surface area contributed by atoms with Crippen molar-refractivity contribution in [3.05, 3.63) is 58.6 Å². The molecule has 0 radical (unpaired) electrons. The van der Waals surface area contributed by atoms with E-state index in [0.29, 0.717) is 4.77 Å². The molecule has 1 aliphatic rings. The normalized spacial score (nSPS) is 18.2. The van der Waals surface area contributed by atoms with Crippen LogP contribution >= 0.6 is 12.2 Å². The second kappa shape index (κ2) is 6.06. The molecule has 1 fully saturated rings. The van der Waals surface area contributed by atoms with Gasteiger partial charge in [-0.15, -0.1) is 0 Å². The van der Waals surface area contributed by atoms with Crippen LogP contribution in [-0.4, -0.2) is 27.7 Å². The lowest BCUT2D eigenvalue weighted by Gasteiger charge is -2.07. The molecule has 116 valence electrons. The van der Waals surface area contributed by atoms with Crippen LogP contribution in [0.15, 0.2) is 47.6 Å². The van der Waals surface area contributed by atoms with Gasteiger partial charge in [-0.3, -0.25) is 5.10 Å². The molecule has 2 aromatic carbocycles. The number of hydrogen-bond acceptors (Lipinski definition) is 4. The average Bonchev–Trinajstić information content (AvgIpc) is 3.22. The summed E-state index contributed by atoms with van der Waals surface area (Å²) in [5, 5.41) is 14.0. The molecule has 1 aliphatic heterocycles.